The van der Waals surface area contributed by atoms with Gasteiger partial charge in [0.1, 0.15) is 24.1 Å². The SMILES string of the molecule is CC(=NC(=O)[C@@H]1O[C@@H]2CO[C@H](c3ccccc3)O[C@@H]2[C@H](N=[N+]=[N-])[C@H]1O)N(C)C. The number of aliphatic hydroxyl groups is 1. The number of aliphatic imine (C=N–C) groups is 1. The zero-order valence-corrected chi connectivity index (χ0v) is 15.9. The van der Waals surface area contributed by atoms with Crippen LogP contribution in [0.2, 0.25) is 0 Å². The van der Waals surface area contributed by atoms with Gasteiger partial charge in [-0.1, -0.05) is 35.4 Å². The number of hydrogen-bond donors (Lipinski definition) is 1. The van der Waals surface area contributed by atoms with Crippen molar-refractivity contribution >= 4 is 11.7 Å². The third kappa shape index (κ3) is 4.16. The molecule has 1 N–H and O–H groups in total. The van der Waals surface area contributed by atoms with Crippen molar-refractivity contribution in [3.63, 3.8) is 0 Å². The lowest BCUT2D eigenvalue weighted by Gasteiger charge is -2.46. The third-order valence-electron chi connectivity index (χ3n) is 4.80. The molecule has 0 bridgehead atoms. The summed E-state index contributed by atoms with van der Waals surface area (Å²) in [4.78, 5) is 20.9. The van der Waals surface area contributed by atoms with E-state index in [9.17, 15) is 9.90 Å². The van der Waals surface area contributed by atoms with Crippen molar-refractivity contribution in [3.05, 3.63) is 46.3 Å². The van der Waals surface area contributed by atoms with E-state index in [1.807, 2.05) is 30.3 Å². The Labute approximate surface area is 162 Å². The molecule has 0 radical (unpaired) electrons. The van der Waals surface area contributed by atoms with E-state index in [1.165, 1.54) is 0 Å². The molecule has 2 aliphatic rings. The molecule has 2 saturated heterocycles. The van der Waals surface area contributed by atoms with Crippen molar-refractivity contribution in [1.82, 2.24) is 4.90 Å². The maximum Gasteiger partial charge on any atom is 0.279 e. The van der Waals surface area contributed by atoms with Gasteiger partial charge in [-0.3, -0.25) is 4.79 Å². The molecule has 28 heavy (non-hydrogen) atoms. The Morgan fingerprint density at radius 2 is 2.00 bits per heavy atom. The second kappa shape index (κ2) is 8.68. The quantitative estimate of drug-likeness (QED) is 0.274. The van der Waals surface area contributed by atoms with Gasteiger partial charge in [0.2, 0.25) is 0 Å². The number of benzene rings is 1. The van der Waals surface area contributed by atoms with Crippen LogP contribution in [0.4, 0.5) is 0 Å². The number of carbonyl (C=O) groups excluding carboxylic acids is 1. The van der Waals surface area contributed by atoms with Crippen molar-refractivity contribution in [2.75, 3.05) is 20.7 Å². The largest absolute Gasteiger partial charge is 0.389 e. The molecule has 1 aromatic rings. The minimum Gasteiger partial charge on any atom is -0.389 e. The number of aliphatic hydroxyl groups excluding tert-OH is 1. The molecule has 0 saturated carbocycles. The van der Waals surface area contributed by atoms with Crippen LogP contribution in [0.5, 0.6) is 0 Å². The number of rotatable bonds is 3. The van der Waals surface area contributed by atoms with E-state index in [0.29, 0.717) is 5.84 Å². The predicted molar refractivity (Wildman–Crippen MR) is 99.4 cm³/mol. The molecule has 1 aromatic carbocycles. The Morgan fingerprint density at radius 3 is 2.64 bits per heavy atom. The lowest BCUT2D eigenvalue weighted by atomic mass is 9.92. The lowest BCUT2D eigenvalue weighted by Crippen LogP contribution is -2.62. The second-order valence-electron chi connectivity index (χ2n) is 6.85. The minimum absolute atomic E-state index is 0.120. The molecular formula is C18H23N5O5. The molecule has 0 aromatic heterocycles. The van der Waals surface area contributed by atoms with Crippen LogP contribution in [-0.4, -0.2) is 72.9 Å². The molecular weight excluding hydrogens is 366 g/mol. The van der Waals surface area contributed by atoms with Crippen LogP contribution in [0.25, 0.3) is 10.4 Å². The highest BCUT2D eigenvalue weighted by atomic mass is 16.7. The molecule has 10 heteroatoms. The molecule has 3 rings (SSSR count). The van der Waals surface area contributed by atoms with Crippen molar-refractivity contribution in [2.45, 2.75) is 43.7 Å². The fourth-order valence-electron chi connectivity index (χ4n) is 3.11. The fraction of sp³-hybridized carbons (Fsp3) is 0.556. The van der Waals surface area contributed by atoms with Gasteiger partial charge in [0.25, 0.3) is 5.91 Å². The van der Waals surface area contributed by atoms with Gasteiger partial charge in [-0.25, -0.2) is 0 Å². The van der Waals surface area contributed by atoms with E-state index in [2.05, 4.69) is 15.0 Å². The van der Waals surface area contributed by atoms with Gasteiger partial charge in [-0.05, 0) is 12.5 Å². The van der Waals surface area contributed by atoms with Gasteiger partial charge in [0, 0.05) is 24.6 Å². The van der Waals surface area contributed by atoms with Crippen LogP contribution in [0.15, 0.2) is 40.4 Å². The first-order valence-corrected chi connectivity index (χ1v) is 8.88. The summed E-state index contributed by atoms with van der Waals surface area (Å²) in [5.41, 5.74) is 9.74. The number of fused-ring (bicyclic) bond motifs is 1. The highest BCUT2D eigenvalue weighted by Crippen LogP contribution is 2.35. The summed E-state index contributed by atoms with van der Waals surface area (Å²) in [5.74, 6) is -0.191. The van der Waals surface area contributed by atoms with E-state index >= 15 is 0 Å². The molecule has 6 atom stereocenters. The molecule has 0 unspecified atom stereocenters. The van der Waals surface area contributed by atoms with Crippen LogP contribution in [0, 0.1) is 0 Å². The summed E-state index contributed by atoms with van der Waals surface area (Å²) < 4.78 is 17.4. The van der Waals surface area contributed by atoms with Gasteiger partial charge in [0.15, 0.2) is 12.4 Å². The third-order valence-corrected chi connectivity index (χ3v) is 4.80. The Kier molecular flexibility index (Phi) is 6.28. The van der Waals surface area contributed by atoms with Gasteiger partial charge < -0.3 is 24.2 Å². The topological polar surface area (TPSA) is 129 Å². The standard InChI is InChI=1S/C18H23N5O5/c1-10(23(2)3)20-17(25)16-14(24)13(21-22-19)15-12(27-16)9-26-18(28-15)11-7-5-4-6-8-11/h4-8,12-16,18,24H,9H2,1-3H3/t12-,13-,14-,15+,16-,18+/m1/s1. The number of ether oxygens (including phenoxy) is 3. The van der Waals surface area contributed by atoms with Crippen LogP contribution in [-0.2, 0) is 19.0 Å². The van der Waals surface area contributed by atoms with Crippen molar-refractivity contribution in [1.29, 1.82) is 0 Å². The van der Waals surface area contributed by atoms with E-state index in [0.717, 1.165) is 5.56 Å². The molecule has 2 aliphatic heterocycles. The number of amides is 1. The van der Waals surface area contributed by atoms with E-state index in [4.69, 9.17) is 19.7 Å². The average molecular weight is 389 g/mol. The van der Waals surface area contributed by atoms with Crippen LogP contribution >= 0.6 is 0 Å². The summed E-state index contributed by atoms with van der Waals surface area (Å²) in [6, 6.07) is 8.26. The Bertz CT molecular complexity index is 780. The first-order valence-electron chi connectivity index (χ1n) is 8.88. The van der Waals surface area contributed by atoms with Crippen LogP contribution < -0.4 is 0 Å². The zero-order valence-electron chi connectivity index (χ0n) is 15.9. The van der Waals surface area contributed by atoms with Crippen LogP contribution in [0.3, 0.4) is 0 Å². The highest BCUT2D eigenvalue weighted by molar-refractivity contribution is 5.95. The van der Waals surface area contributed by atoms with Gasteiger partial charge in [0.05, 0.1) is 12.6 Å². The Hall–Kier alpha value is -2.49. The summed E-state index contributed by atoms with van der Waals surface area (Å²) >= 11 is 0. The fourth-order valence-corrected chi connectivity index (χ4v) is 3.11. The number of nitrogens with zero attached hydrogens (tertiary/aromatic N) is 5. The summed E-state index contributed by atoms with van der Waals surface area (Å²) in [6.07, 6.45) is -4.78. The maximum atomic E-state index is 12.5. The zero-order chi connectivity index (χ0) is 20.3. The number of azide groups is 1. The molecule has 0 spiro atoms. The number of hydrogen-bond acceptors (Lipinski definition) is 6. The van der Waals surface area contributed by atoms with Crippen LogP contribution in [0.1, 0.15) is 18.8 Å². The van der Waals surface area contributed by atoms with E-state index in [-0.39, 0.29) is 6.61 Å². The monoisotopic (exact) mass is 389 g/mol. The molecule has 1 amide bonds. The van der Waals surface area contributed by atoms with E-state index < -0.39 is 42.7 Å². The Balaban J connectivity index is 1.82. The Morgan fingerprint density at radius 1 is 1.29 bits per heavy atom. The normalized spacial score (nSPS) is 32.8. The molecule has 0 aliphatic carbocycles. The number of carbonyl (C=O) groups is 1. The lowest BCUT2D eigenvalue weighted by molar-refractivity contribution is -0.302. The summed E-state index contributed by atoms with van der Waals surface area (Å²) in [6.45, 7) is 1.78. The van der Waals surface area contributed by atoms with Crippen molar-refractivity contribution in [3.8, 4) is 0 Å². The average Bonchev–Trinajstić information content (AvgIpc) is 2.70. The van der Waals surface area contributed by atoms with Gasteiger partial charge >= 0.3 is 0 Å². The molecule has 150 valence electrons. The molecule has 2 fully saturated rings. The minimum atomic E-state index is -1.39. The second-order valence-corrected chi connectivity index (χ2v) is 6.85. The van der Waals surface area contributed by atoms with Crippen molar-refractivity contribution in [2.24, 2.45) is 10.1 Å². The summed E-state index contributed by atoms with van der Waals surface area (Å²) in [5, 5.41) is 14.3. The molecule has 10 nitrogen and oxygen atoms in total. The van der Waals surface area contributed by atoms with Gasteiger partial charge in [-0.2, -0.15) is 4.99 Å². The predicted octanol–water partition coefficient (Wildman–Crippen LogP) is 1.41. The maximum absolute atomic E-state index is 12.5. The first kappa shape index (κ1) is 20.2. The summed E-state index contributed by atoms with van der Waals surface area (Å²) in [7, 11) is 3.49. The first-order chi connectivity index (χ1) is 13.4. The highest BCUT2D eigenvalue weighted by Gasteiger charge is 2.51. The molecule has 2 heterocycles. The smallest absolute Gasteiger partial charge is 0.279 e. The number of amidine groups is 1. The van der Waals surface area contributed by atoms with Crippen molar-refractivity contribution < 1.29 is 24.1 Å². The van der Waals surface area contributed by atoms with Gasteiger partial charge in [-0.15, -0.1) is 0 Å². The van der Waals surface area contributed by atoms with E-state index in [1.54, 1.807) is 25.9 Å².